The van der Waals surface area contributed by atoms with Gasteiger partial charge in [0, 0.05) is 0 Å². The Labute approximate surface area is 62.6 Å². The number of hydrogen-bond donors (Lipinski definition) is 0. The summed E-state index contributed by atoms with van der Waals surface area (Å²) >= 11 is 0. The summed E-state index contributed by atoms with van der Waals surface area (Å²) in [7, 11) is 0. The van der Waals surface area contributed by atoms with Crippen LogP contribution in [0, 0.1) is 0 Å². The van der Waals surface area contributed by atoms with Gasteiger partial charge in [0.25, 0.3) is 0 Å². The van der Waals surface area contributed by atoms with E-state index in [1.54, 1.807) is 11.1 Å². The second-order valence-electron chi connectivity index (χ2n) is 3.36. The van der Waals surface area contributed by atoms with Crippen LogP contribution in [0.25, 0.3) is 0 Å². The third kappa shape index (κ3) is 1.16. The Hall–Kier alpha value is -0.520. The zero-order chi connectivity index (χ0) is 6.81. The molecule has 0 N–H and O–H groups in total. The normalized spacial score (nSPS) is 24.8. The molecule has 0 heterocycles. The summed E-state index contributed by atoms with van der Waals surface area (Å²) in [4.78, 5) is 0. The molecule has 0 amide bonds. The topological polar surface area (TPSA) is 0 Å². The van der Waals surface area contributed by atoms with Crippen LogP contribution in [-0.4, -0.2) is 0 Å². The number of fused-ring (bicyclic) bond motifs is 5. The molecule has 0 aromatic rings. The lowest BCUT2D eigenvalue weighted by molar-refractivity contribution is 0.764. The molecule has 1 saturated carbocycles. The first-order valence-corrected chi connectivity index (χ1v) is 4.31. The molecule has 0 aromatic heterocycles. The fraction of sp³-hybridized carbons (Fsp3) is 0.600. The van der Waals surface area contributed by atoms with E-state index in [-0.39, 0.29) is 0 Å². The highest BCUT2D eigenvalue weighted by molar-refractivity contribution is 5.31. The number of rotatable bonds is 0. The highest BCUT2D eigenvalue weighted by Crippen LogP contribution is 2.34. The zero-order valence-electron chi connectivity index (χ0n) is 6.40. The molecule has 3 aliphatic rings. The molecular formula is C10H14. The average molecular weight is 134 g/mol. The molecule has 0 nitrogen and oxygen atoms in total. The minimum atomic E-state index is 1.31. The second-order valence-corrected chi connectivity index (χ2v) is 3.36. The van der Waals surface area contributed by atoms with Gasteiger partial charge in [0.05, 0.1) is 0 Å². The Morgan fingerprint density at radius 2 is 1.30 bits per heavy atom. The lowest BCUT2D eigenvalue weighted by Crippen LogP contribution is -2.01. The van der Waals surface area contributed by atoms with Gasteiger partial charge in [-0.2, -0.15) is 0 Å². The van der Waals surface area contributed by atoms with E-state index < -0.39 is 0 Å². The first kappa shape index (κ1) is 6.21. The summed E-state index contributed by atoms with van der Waals surface area (Å²) in [5, 5.41) is 0. The van der Waals surface area contributed by atoms with Crippen molar-refractivity contribution >= 4 is 0 Å². The van der Waals surface area contributed by atoms with Crippen LogP contribution in [0.15, 0.2) is 23.3 Å². The highest BCUT2D eigenvalue weighted by Gasteiger charge is 2.14. The summed E-state index contributed by atoms with van der Waals surface area (Å²) in [6, 6.07) is 0. The van der Waals surface area contributed by atoms with Crippen molar-refractivity contribution in [2.75, 3.05) is 0 Å². The monoisotopic (exact) mass is 134 g/mol. The lowest BCUT2D eigenvalue weighted by Gasteiger charge is -2.20. The molecule has 0 aromatic carbocycles. The minimum Gasteiger partial charge on any atom is -0.0847 e. The summed E-state index contributed by atoms with van der Waals surface area (Å²) < 4.78 is 0. The van der Waals surface area contributed by atoms with E-state index in [2.05, 4.69) is 12.2 Å². The Morgan fingerprint density at radius 1 is 0.800 bits per heavy atom. The Morgan fingerprint density at radius 3 is 1.80 bits per heavy atom. The van der Waals surface area contributed by atoms with Gasteiger partial charge in [0.2, 0.25) is 0 Å². The van der Waals surface area contributed by atoms with Crippen molar-refractivity contribution in [3.63, 3.8) is 0 Å². The molecule has 0 saturated heterocycles. The summed E-state index contributed by atoms with van der Waals surface area (Å²) in [6.45, 7) is 0. The van der Waals surface area contributed by atoms with Crippen LogP contribution in [0.1, 0.15) is 38.5 Å². The molecule has 0 unspecified atom stereocenters. The Balaban J connectivity index is 2.06. The van der Waals surface area contributed by atoms with Crippen molar-refractivity contribution in [3.05, 3.63) is 23.3 Å². The third-order valence-corrected chi connectivity index (χ3v) is 2.43. The van der Waals surface area contributed by atoms with Gasteiger partial charge in [0.15, 0.2) is 0 Å². The van der Waals surface area contributed by atoms with Crippen LogP contribution in [0.5, 0.6) is 0 Å². The predicted octanol–water partition coefficient (Wildman–Crippen LogP) is 3.21. The van der Waals surface area contributed by atoms with Crippen molar-refractivity contribution in [1.82, 2.24) is 0 Å². The van der Waals surface area contributed by atoms with E-state index in [1.807, 2.05) is 0 Å². The number of hydrogen-bond acceptors (Lipinski definition) is 0. The van der Waals surface area contributed by atoms with Crippen LogP contribution < -0.4 is 0 Å². The van der Waals surface area contributed by atoms with E-state index in [1.165, 1.54) is 38.5 Å². The summed E-state index contributed by atoms with van der Waals surface area (Å²) in [5.41, 5.74) is 3.38. The zero-order valence-corrected chi connectivity index (χ0v) is 6.40. The third-order valence-electron chi connectivity index (χ3n) is 2.43. The van der Waals surface area contributed by atoms with Gasteiger partial charge >= 0.3 is 0 Å². The molecular weight excluding hydrogens is 120 g/mol. The Kier molecular flexibility index (Phi) is 1.62. The maximum atomic E-state index is 2.45. The van der Waals surface area contributed by atoms with Crippen molar-refractivity contribution in [2.45, 2.75) is 38.5 Å². The Bertz CT molecular complexity index is 154. The van der Waals surface area contributed by atoms with Gasteiger partial charge < -0.3 is 0 Å². The molecule has 0 radical (unpaired) electrons. The van der Waals surface area contributed by atoms with Crippen LogP contribution in [0.3, 0.4) is 0 Å². The smallest absolute Gasteiger partial charge is 0.0102 e. The molecule has 1 fully saturated rings. The van der Waals surface area contributed by atoms with Crippen molar-refractivity contribution in [3.8, 4) is 0 Å². The van der Waals surface area contributed by atoms with Crippen LogP contribution in [-0.2, 0) is 0 Å². The largest absolute Gasteiger partial charge is 0.0847 e. The quantitative estimate of drug-likeness (QED) is 0.446. The van der Waals surface area contributed by atoms with Crippen LogP contribution in [0.2, 0.25) is 0 Å². The maximum Gasteiger partial charge on any atom is -0.0102 e. The maximum absolute atomic E-state index is 2.45. The van der Waals surface area contributed by atoms with E-state index in [0.29, 0.717) is 0 Å². The van der Waals surface area contributed by atoms with E-state index in [0.717, 1.165) is 0 Å². The minimum absolute atomic E-state index is 1.31. The summed E-state index contributed by atoms with van der Waals surface area (Å²) in [5.74, 6) is 0. The summed E-state index contributed by atoms with van der Waals surface area (Å²) in [6.07, 6.45) is 13.0. The van der Waals surface area contributed by atoms with Gasteiger partial charge in [-0.1, -0.05) is 23.3 Å². The molecule has 54 valence electrons. The van der Waals surface area contributed by atoms with Crippen LogP contribution in [0.4, 0.5) is 0 Å². The lowest BCUT2D eigenvalue weighted by atomic mass is 9.85. The molecule has 0 heteroatoms. The fourth-order valence-electron chi connectivity index (χ4n) is 1.72. The predicted molar refractivity (Wildman–Crippen MR) is 43.9 cm³/mol. The molecule has 10 heavy (non-hydrogen) atoms. The molecule has 0 aliphatic heterocycles. The van der Waals surface area contributed by atoms with Gasteiger partial charge in [0.1, 0.15) is 0 Å². The number of allylic oxidation sites excluding steroid dienone is 4. The first-order valence-electron chi connectivity index (χ1n) is 4.31. The fourth-order valence-corrected chi connectivity index (χ4v) is 1.72. The van der Waals surface area contributed by atoms with E-state index >= 15 is 0 Å². The SMILES string of the molecule is C1=C2CC(=CCCCC1)C2. The standard InChI is InChI=1S/C10H14/c1-2-4-6-10-7-9(8-10)5-3-1/h5-6H,1-4,7-8H2. The molecule has 0 spiro atoms. The molecule has 3 aliphatic carbocycles. The van der Waals surface area contributed by atoms with Gasteiger partial charge in [-0.25, -0.2) is 0 Å². The van der Waals surface area contributed by atoms with E-state index in [4.69, 9.17) is 0 Å². The molecule has 2 bridgehead atoms. The van der Waals surface area contributed by atoms with Crippen molar-refractivity contribution in [2.24, 2.45) is 0 Å². The average Bonchev–Trinajstić information content (AvgIpc) is 1.98. The molecule has 3 rings (SSSR count). The van der Waals surface area contributed by atoms with Gasteiger partial charge in [-0.15, -0.1) is 0 Å². The first-order chi connectivity index (χ1) is 4.95. The highest BCUT2D eigenvalue weighted by atomic mass is 14.2. The van der Waals surface area contributed by atoms with E-state index in [9.17, 15) is 0 Å². The van der Waals surface area contributed by atoms with Crippen molar-refractivity contribution in [1.29, 1.82) is 0 Å². The van der Waals surface area contributed by atoms with Gasteiger partial charge in [-0.05, 0) is 38.5 Å². The van der Waals surface area contributed by atoms with Crippen molar-refractivity contribution < 1.29 is 0 Å². The van der Waals surface area contributed by atoms with Gasteiger partial charge in [-0.3, -0.25) is 0 Å². The second kappa shape index (κ2) is 2.61. The van der Waals surface area contributed by atoms with Crippen LogP contribution >= 0.6 is 0 Å². The molecule has 0 atom stereocenters.